The molecule has 1 fully saturated rings. The maximum atomic E-state index is 12.9. The summed E-state index contributed by atoms with van der Waals surface area (Å²) < 4.78 is 11.0. The van der Waals surface area contributed by atoms with Gasteiger partial charge in [0.2, 0.25) is 0 Å². The molecule has 1 aromatic heterocycles. The number of hydrogen-bond acceptors (Lipinski definition) is 5. The number of ether oxygens (including phenoxy) is 1. The highest BCUT2D eigenvalue weighted by atomic mass is 16.5. The van der Waals surface area contributed by atoms with Gasteiger partial charge >= 0.3 is 0 Å². The zero-order chi connectivity index (χ0) is 17.2. The van der Waals surface area contributed by atoms with Gasteiger partial charge in [-0.15, -0.1) is 0 Å². The SMILES string of the molecule is Cc1ocnc1CN1CCOC(C(=O)N2CCc3ccccc3C2)C1. The van der Waals surface area contributed by atoms with Crippen molar-refractivity contribution in [3.8, 4) is 0 Å². The van der Waals surface area contributed by atoms with Crippen LogP contribution in [0.25, 0.3) is 0 Å². The minimum Gasteiger partial charge on any atom is -0.448 e. The van der Waals surface area contributed by atoms with Crippen LogP contribution in [0.2, 0.25) is 0 Å². The van der Waals surface area contributed by atoms with Gasteiger partial charge in [0.25, 0.3) is 5.91 Å². The van der Waals surface area contributed by atoms with E-state index < -0.39 is 6.10 Å². The van der Waals surface area contributed by atoms with Crippen molar-refractivity contribution in [1.29, 1.82) is 0 Å². The summed E-state index contributed by atoms with van der Waals surface area (Å²) >= 11 is 0. The van der Waals surface area contributed by atoms with E-state index in [1.807, 2.05) is 17.9 Å². The van der Waals surface area contributed by atoms with Crippen molar-refractivity contribution in [2.45, 2.75) is 32.5 Å². The lowest BCUT2D eigenvalue weighted by molar-refractivity contribution is -0.150. The summed E-state index contributed by atoms with van der Waals surface area (Å²) in [7, 11) is 0. The van der Waals surface area contributed by atoms with Gasteiger partial charge in [-0.25, -0.2) is 4.98 Å². The van der Waals surface area contributed by atoms with Crippen LogP contribution in [-0.2, 0) is 29.0 Å². The molecule has 1 atom stereocenters. The first-order chi connectivity index (χ1) is 12.2. The van der Waals surface area contributed by atoms with Crippen LogP contribution in [-0.4, -0.2) is 53.0 Å². The second kappa shape index (κ2) is 6.98. The molecule has 0 spiro atoms. The van der Waals surface area contributed by atoms with Crippen LogP contribution in [0.4, 0.5) is 0 Å². The number of nitrogens with zero attached hydrogens (tertiary/aromatic N) is 3. The Labute approximate surface area is 147 Å². The third kappa shape index (κ3) is 3.45. The quantitative estimate of drug-likeness (QED) is 0.852. The van der Waals surface area contributed by atoms with Gasteiger partial charge in [0, 0.05) is 32.7 Å². The van der Waals surface area contributed by atoms with Crippen molar-refractivity contribution in [3.05, 3.63) is 53.2 Å². The first-order valence-corrected chi connectivity index (χ1v) is 8.79. The number of amides is 1. The lowest BCUT2D eigenvalue weighted by atomic mass is 9.99. The monoisotopic (exact) mass is 341 g/mol. The number of oxazole rings is 1. The number of fused-ring (bicyclic) bond motifs is 1. The van der Waals surface area contributed by atoms with Gasteiger partial charge in [-0.2, -0.15) is 0 Å². The molecule has 0 bridgehead atoms. The molecule has 0 aliphatic carbocycles. The van der Waals surface area contributed by atoms with E-state index in [0.717, 1.165) is 31.0 Å². The summed E-state index contributed by atoms with van der Waals surface area (Å²) in [5, 5.41) is 0. The molecule has 3 heterocycles. The molecule has 6 nitrogen and oxygen atoms in total. The molecule has 1 saturated heterocycles. The van der Waals surface area contributed by atoms with E-state index >= 15 is 0 Å². The molecule has 1 aromatic carbocycles. The van der Waals surface area contributed by atoms with E-state index in [-0.39, 0.29) is 5.91 Å². The molecule has 25 heavy (non-hydrogen) atoms. The molecule has 6 heteroatoms. The van der Waals surface area contributed by atoms with Crippen molar-refractivity contribution in [2.24, 2.45) is 0 Å². The number of morpholine rings is 1. The Kier molecular flexibility index (Phi) is 4.55. The lowest BCUT2D eigenvalue weighted by Gasteiger charge is -2.36. The molecule has 1 unspecified atom stereocenters. The Morgan fingerprint density at radius 1 is 1.28 bits per heavy atom. The summed E-state index contributed by atoms with van der Waals surface area (Å²) in [4.78, 5) is 21.3. The van der Waals surface area contributed by atoms with Crippen LogP contribution in [0.1, 0.15) is 22.6 Å². The van der Waals surface area contributed by atoms with Crippen LogP contribution >= 0.6 is 0 Å². The molecular formula is C19H23N3O3. The van der Waals surface area contributed by atoms with Crippen molar-refractivity contribution >= 4 is 5.91 Å². The fourth-order valence-corrected chi connectivity index (χ4v) is 3.57. The van der Waals surface area contributed by atoms with Crippen molar-refractivity contribution < 1.29 is 13.9 Å². The number of aryl methyl sites for hydroxylation is 1. The van der Waals surface area contributed by atoms with Crippen molar-refractivity contribution in [3.63, 3.8) is 0 Å². The number of aromatic nitrogens is 1. The highest BCUT2D eigenvalue weighted by Gasteiger charge is 2.32. The summed E-state index contributed by atoms with van der Waals surface area (Å²) in [5.41, 5.74) is 3.52. The van der Waals surface area contributed by atoms with E-state index in [1.165, 1.54) is 17.5 Å². The number of rotatable bonds is 3. The topological polar surface area (TPSA) is 58.8 Å². The van der Waals surface area contributed by atoms with Gasteiger partial charge in [0.1, 0.15) is 11.9 Å². The van der Waals surface area contributed by atoms with Crippen molar-refractivity contribution in [2.75, 3.05) is 26.2 Å². The summed E-state index contributed by atoms with van der Waals surface area (Å²) in [5.74, 6) is 0.929. The number of carbonyl (C=O) groups is 1. The van der Waals surface area contributed by atoms with Gasteiger partial charge in [-0.1, -0.05) is 24.3 Å². The number of hydrogen-bond donors (Lipinski definition) is 0. The molecule has 2 aliphatic rings. The third-order valence-corrected chi connectivity index (χ3v) is 5.09. The summed E-state index contributed by atoms with van der Waals surface area (Å²) in [6, 6.07) is 8.35. The minimum atomic E-state index is -0.397. The summed E-state index contributed by atoms with van der Waals surface area (Å²) in [6.45, 7) is 6.02. The largest absolute Gasteiger partial charge is 0.448 e. The van der Waals surface area contributed by atoms with Crippen molar-refractivity contribution in [1.82, 2.24) is 14.8 Å². The average Bonchev–Trinajstić information content (AvgIpc) is 3.05. The van der Waals surface area contributed by atoms with Gasteiger partial charge < -0.3 is 14.1 Å². The van der Waals surface area contributed by atoms with E-state index in [0.29, 0.717) is 26.2 Å². The first kappa shape index (κ1) is 16.3. The predicted octanol–water partition coefficient (Wildman–Crippen LogP) is 1.77. The number of benzene rings is 1. The Hall–Kier alpha value is -2.18. The molecule has 0 saturated carbocycles. The highest BCUT2D eigenvalue weighted by Crippen LogP contribution is 2.21. The summed E-state index contributed by atoms with van der Waals surface area (Å²) in [6.07, 6.45) is 1.99. The molecule has 0 radical (unpaired) electrons. The maximum absolute atomic E-state index is 12.9. The molecule has 2 aliphatic heterocycles. The Morgan fingerprint density at radius 3 is 2.92 bits per heavy atom. The first-order valence-electron chi connectivity index (χ1n) is 8.79. The van der Waals surface area contributed by atoms with Crippen LogP contribution in [0.3, 0.4) is 0 Å². The van der Waals surface area contributed by atoms with Gasteiger partial charge in [-0.3, -0.25) is 9.69 Å². The van der Waals surface area contributed by atoms with E-state index in [4.69, 9.17) is 9.15 Å². The van der Waals surface area contributed by atoms with Gasteiger partial charge in [-0.05, 0) is 24.5 Å². The molecule has 2 aromatic rings. The second-order valence-corrected chi connectivity index (χ2v) is 6.73. The predicted molar refractivity (Wildman–Crippen MR) is 91.8 cm³/mol. The normalized spacial score (nSPS) is 21.2. The Balaban J connectivity index is 1.40. The van der Waals surface area contributed by atoms with Crippen LogP contribution < -0.4 is 0 Å². The molecule has 132 valence electrons. The van der Waals surface area contributed by atoms with Gasteiger partial charge in [0.05, 0.1) is 12.3 Å². The standard InChI is InChI=1S/C19H23N3O3/c1-14-17(20-13-25-14)11-21-8-9-24-18(12-21)19(23)22-7-6-15-4-2-3-5-16(15)10-22/h2-5,13,18H,6-12H2,1H3. The van der Waals surface area contributed by atoms with E-state index in [1.54, 1.807) is 0 Å². The molecular weight excluding hydrogens is 318 g/mol. The van der Waals surface area contributed by atoms with Gasteiger partial charge in [0.15, 0.2) is 6.39 Å². The molecule has 1 amide bonds. The molecule has 4 rings (SSSR count). The molecule has 0 N–H and O–H groups in total. The average molecular weight is 341 g/mol. The van der Waals surface area contributed by atoms with Crippen LogP contribution in [0.5, 0.6) is 0 Å². The fraction of sp³-hybridized carbons (Fsp3) is 0.474. The Morgan fingerprint density at radius 2 is 2.12 bits per heavy atom. The Bertz CT molecular complexity index is 758. The second-order valence-electron chi connectivity index (χ2n) is 6.73. The zero-order valence-electron chi connectivity index (χ0n) is 14.5. The van der Waals surface area contributed by atoms with Crippen LogP contribution in [0.15, 0.2) is 35.1 Å². The minimum absolute atomic E-state index is 0.0936. The van der Waals surface area contributed by atoms with E-state index in [9.17, 15) is 4.79 Å². The third-order valence-electron chi connectivity index (χ3n) is 5.09. The smallest absolute Gasteiger partial charge is 0.253 e. The highest BCUT2D eigenvalue weighted by molar-refractivity contribution is 5.81. The van der Waals surface area contributed by atoms with Crippen LogP contribution in [0, 0.1) is 6.92 Å². The fourth-order valence-electron chi connectivity index (χ4n) is 3.57. The maximum Gasteiger partial charge on any atom is 0.253 e. The zero-order valence-corrected chi connectivity index (χ0v) is 14.5. The van der Waals surface area contributed by atoms with E-state index in [2.05, 4.69) is 28.1 Å². The number of carbonyl (C=O) groups excluding carboxylic acids is 1. The lowest BCUT2D eigenvalue weighted by Crippen LogP contribution is -2.51.